The Morgan fingerprint density at radius 3 is 2.58 bits per heavy atom. The first-order valence-corrected chi connectivity index (χ1v) is 14.5. The fraction of sp³-hybridized carbons (Fsp3) is 0.290. The lowest BCUT2D eigenvalue weighted by Gasteiger charge is -2.40. The summed E-state index contributed by atoms with van der Waals surface area (Å²) in [7, 11) is 1.44. The van der Waals surface area contributed by atoms with Gasteiger partial charge in [0.15, 0.2) is 17.3 Å². The highest BCUT2D eigenvalue weighted by atomic mass is 35.5. The molecule has 232 valence electrons. The Morgan fingerprint density at radius 1 is 1.16 bits per heavy atom. The molecule has 2 aliphatic heterocycles. The van der Waals surface area contributed by atoms with Gasteiger partial charge in [-0.05, 0) is 42.7 Å². The van der Waals surface area contributed by atoms with Crippen LogP contribution < -0.4 is 15.5 Å². The normalized spacial score (nSPS) is 16.3. The second-order valence-corrected chi connectivity index (χ2v) is 11.6. The number of piperazine rings is 1. The average Bonchev–Trinajstić information content (AvgIpc) is 3.10. The largest absolute Gasteiger partial charge is 0.507 e. The van der Waals surface area contributed by atoms with Crippen LogP contribution in [0.4, 0.5) is 20.3 Å². The molecule has 1 aromatic carbocycles. The van der Waals surface area contributed by atoms with Crippen LogP contribution in [0, 0.1) is 18.6 Å². The first-order valence-electron chi connectivity index (χ1n) is 14.1. The summed E-state index contributed by atoms with van der Waals surface area (Å²) in [4.78, 5) is 58.7. The van der Waals surface area contributed by atoms with Gasteiger partial charge in [-0.1, -0.05) is 32.0 Å². The first-order chi connectivity index (χ1) is 21.4. The molecule has 1 saturated heterocycles. The number of phenols is 1. The Labute approximate surface area is 261 Å². The number of aromatic nitrogens is 4. The van der Waals surface area contributed by atoms with Gasteiger partial charge in [-0.25, -0.2) is 23.1 Å². The van der Waals surface area contributed by atoms with Crippen LogP contribution in [0.1, 0.15) is 31.0 Å². The molecular weight excluding hydrogens is 608 g/mol. The van der Waals surface area contributed by atoms with E-state index in [-0.39, 0.29) is 59.0 Å². The Hall–Kier alpha value is -4.91. The zero-order valence-corrected chi connectivity index (χ0v) is 25.6. The molecule has 4 aromatic rings. The number of hydrogen-bond donors (Lipinski definition) is 1. The number of anilines is 2. The van der Waals surface area contributed by atoms with E-state index in [9.17, 15) is 23.9 Å². The Morgan fingerprint density at radius 2 is 1.89 bits per heavy atom. The Bertz CT molecular complexity index is 2010. The van der Waals surface area contributed by atoms with Gasteiger partial charge in [0.25, 0.3) is 5.91 Å². The third-order valence-corrected chi connectivity index (χ3v) is 8.60. The number of carbonyl (C=O) groups excluding carboxylic acids is 2. The topological polar surface area (TPSA) is 125 Å². The average molecular weight is 636 g/mol. The van der Waals surface area contributed by atoms with Crippen molar-refractivity contribution in [3.8, 4) is 22.7 Å². The summed E-state index contributed by atoms with van der Waals surface area (Å²) in [5.74, 6) is -4.27. The summed E-state index contributed by atoms with van der Waals surface area (Å²) in [5.41, 5.74) is -0.283. The molecule has 6 rings (SSSR count). The molecule has 3 aromatic heterocycles. The highest BCUT2D eigenvalue weighted by Crippen LogP contribution is 2.47. The van der Waals surface area contributed by atoms with Crippen LogP contribution in [-0.4, -0.2) is 74.1 Å². The molecule has 1 N–H and O–H groups in total. The lowest BCUT2D eigenvalue weighted by atomic mass is 10.0. The maximum Gasteiger partial charge on any atom is 0.355 e. The number of hydrogen-bond acceptors (Lipinski definition) is 8. The predicted octanol–water partition coefficient (Wildman–Crippen LogP) is 4.09. The highest BCUT2D eigenvalue weighted by molar-refractivity contribution is 6.39. The molecule has 2 amide bonds. The van der Waals surface area contributed by atoms with Crippen LogP contribution in [0.3, 0.4) is 0 Å². The number of rotatable bonds is 4. The van der Waals surface area contributed by atoms with Crippen molar-refractivity contribution in [2.75, 3.05) is 36.5 Å². The van der Waals surface area contributed by atoms with Crippen molar-refractivity contribution in [1.29, 1.82) is 0 Å². The fourth-order valence-corrected chi connectivity index (χ4v) is 6.40. The van der Waals surface area contributed by atoms with E-state index in [0.29, 0.717) is 16.9 Å². The van der Waals surface area contributed by atoms with E-state index in [4.69, 9.17) is 11.6 Å². The van der Waals surface area contributed by atoms with Crippen molar-refractivity contribution in [2.24, 2.45) is 0 Å². The van der Waals surface area contributed by atoms with Crippen LogP contribution in [0.25, 0.3) is 28.0 Å². The maximum absolute atomic E-state index is 15.4. The predicted molar refractivity (Wildman–Crippen MR) is 165 cm³/mol. The number of benzene rings is 1. The van der Waals surface area contributed by atoms with E-state index in [1.54, 1.807) is 24.1 Å². The molecule has 14 heteroatoms. The Kier molecular flexibility index (Phi) is 7.31. The third kappa shape index (κ3) is 4.52. The number of aryl methyl sites for hydroxylation is 1. The number of aromatic hydroxyl groups is 1. The summed E-state index contributed by atoms with van der Waals surface area (Å²) in [6.07, 6.45) is 2.77. The molecule has 0 radical (unpaired) electrons. The van der Waals surface area contributed by atoms with Crippen LogP contribution in [-0.2, 0) is 9.59 Å². The number of carbonyl (C=O) groups is 2. The van der Waals surface area contributed by atoms with Gasteiger partial charge in [-0.15, -0.1) is 0 Å². The summed E-state index contributed by atoms with van der Waals surface area (Å²) in [6.45, 7) is 9.43. The van der Waals surface area contributed by atoms with Crippen molar-refractivity contribution in [2.45, 2.75) is 32.7 Å². The first kappa shape index (κ1) is 30.1. The highest BCUT2D eigenvalue weighted by Gasteiger charge is 2.43. The van der Waals surface area contributed by atoms with Crippen LogP contribution in [0.15, 0.2) is 41.8 Å². The molecule has 0 spiro atoms. The minimum absolute atomic E-state index is 0.0182. The third-order valence-electron chi connectivity index (χ3n) is 8.25. The number of pyridine rings is 2. The zero-order chi connectivity index (χ0) is 32.5. The molecule has 0 bridgehead atoms. The number of nitrogens with zero attached hydrogens (tertiary/aromatic N) is 7. The van der Waals surface area contributed by atoms with Crippen molar-refractivity contribution < 1.29 is 23.5 Å². The summed E-state index contributed by atoms with van der Waals surface area (Å²) in [5, 5.41) is 10.6. The molecule has 2 aliphatic rings. The molecule has 0 saturated carbocycles. The second kappa shape index (κ2) is 10.9. The van der Waals surface area contributed by atoms with E-state index in [0.717, 1.165) is 18.2 Å². The van der Waals surface area contributed by atoms with E-state index < -0.39 is 46.3 Å². The SMILES string of the molecule is C=CC(=O)N1CCN2c3nc(=O)n(-c4c(C)ccnc4C(C)C)c4nc(-c5c(O)ccc(F)c5F)c(Cl)c(c34)N(C)C(=O)C2C1. The summed E-state index contributed by atoms with van der Waals surface area (Å²) in [6, 6.07) is 2.45. The molecule has 1 unspecified atom stereocenters. The minimum Gasteiger partial charge on any atom is -0.507 e. The number of likely N-dealkylation sites (N-methyl/N-ethyl adjacent to an activating group) is 1. The van der Waals surface area contributed by atoms with Gasteiger partial charge in [0.05, 0.1) is 39.6 Å². The van der Waals surface area contributed by atoms with Gasteiger partial charge >= 0.3 is 5.69 Å². The minimum atomic E-state index is -1.42. The van der Waals surface area contributed by atoms with E-state index in [2.05, 4.69) is 21.5 Å². The number of fused-ring (bicyclic) bond motifs is 2. The molecule has 0 aliphatic carbocycles. The maximum atomic E-state index is 15.4. The van der Waals surface area contributed by atoms with Gasteiger partial charge in [-0.2, -0.15) is 4.98 Å². The molecule has 1 fully saturated rings. The molecular formula is C31H28ClF2N7O4. The van der Waals surface area contributed by atoms with E-state index in [1.165, 1.54) is 21.4 Å². The second-order valence-electron chi connectivity index (χ2n) is 11.2. The van der Waals surface area contributed by atoms with Gasteiger partial charge < -0.3 is 19.8 Å². The molecule has 1 atom stereocenters. The van der Waals surface area contributed by atoms with Crippen molar-refractivity contribution in [3.05, 3.63) is 75.4 Å². The number of phenolic OH excluding ortho intramolecular Hbond substituents is 1. The van der Waals surface area contributed by atoms with Gasteiger partial charge in [-0.3, -0.25) is 14.6 Å². The Balaban J connectivity index is 1.79. The van der Waals surface area contributed by atoms with E-state index >= 15 is 4.39 Å². The summed E-state index contributed by atoms with van der Waals surface area (Å²) < 4.78 is 31.2. The molecule has 45 heavy (non-hydrogen) atoms. The molecule has 5 heterocycles. The van der Waals surface area contributed by atoms with Crippen LogP contribution >= 0.6 is 11.6 Å². The number of amides is 2. The van der Waals surface area contributed by atoms with Crippen molar-refractivity contribution in [1.82, 2.24) is 24.4 Å². The van der Waals surface area contributed by atoms with Gasteiger partial charge in [0.2, 0.25) is 5.91 Å². The lowest BCUT2D eigenvalue weighted by Crippen LogP contribution is -2.60. The van der Waals surface area contributed by atoms with Crippen molar-refractivity contribution in [3.63, 3.8) is 0 Å². The summed E-state index contributed by atoms with van der Waals surface area (Å²) >= 11 is 6.93. The van der Waals surface area contributed by atoms with Crippen molar-refractivity contribution >= 4 is 46.0 Å². The standard InChI is InChI=1S/C31H28ClF2N7O4/c1-6-19(43)39-11-12-40-17(13-39)30(44)38(5)27-21-28(40)37-31(45)41(26-15(4)9-10-35-24(26)14(2)3)29(21)36-25(22(27)32)20-18(42)8-7-16(33)23(20)34/h6-10,14,17,42H,1,11-13H2,2-5H3. The van der Waals surface area contributed by atoms with Crippen LogP contribution in [0.5, 0.6) is 5.75 Å². The monoisotopic (exact) mass is 635 g/mol. The van der Waals surface area contributed by atoms with Gasteiger partial charge in [0, 0.05) is 26.3 Å². The number of halogens is 3. The lowest BCUT2D eigenvalue weighted by molar-refractivity contribution is -0.128. The smallest absolute Gasteiger partial charge is 0.355 e. The fourth-order valence-electron chi connectivity index (χ4n) is 6.04. The van der Waals surface area contributed by atoms with Crippen LogP contribution in [0.2, 0.25) is 5.02 Å². The molecule has 11 nitrogen and oxygen atoms in total. The quantitative estimate of drug-likeness (QED) is 0.333. The van der Waals surface area contributed by atoms with Gasteiger partial charge in [0.1, 0.15) is 23.3 Å². The van der Waals surface area contributed by atoms with E-state index in [1.807, 2.05) is 13.8 Å². The zero-order valence-electron chi connectivity index (χ0n) is 24.8.